The molecule has 2 aromatic rings. The number of hydrogen-bond acceptors (Lipinski definition) is 2. The Hall–Kier alpha value is -1.61. The van der Waals surface area contributed by atoms with E-state index in [-0.39, 0.29) is 6.04 Å². The van der Waals surface area contributed by atoms with E-state index in [1.54, 1.807) is 0 Å². The molecule has 1 unspecified atom stereocenters. The van der Waals surface area contributed by atoms with E-state index in [0.29, 0.717) is 6.54 Å². The third-order valence-corrected chi connectivity index (χ3v) is 2.50. The summed E-state index contributed by atoms with van der Waals surface area (Å²) in [7, 11) is 0. The predicted octanol–water partition coefficient (Wildman–Crippen LogP) is 2.07. The molecule has 2 N–H and O–H groups in total. The summed E-state index contributed by atoms with van der Waals surface area (Å²) in [5, 5.41) is 4.30. The molecule has 0 saturated heterocycles. The molecule has 0 amide bonds. The second-order valence-corrected chi connectivity index (χ2v) is 3.61. The van der Waals surface area contributed by atoms with Crippen molar-refractivity contribution >= 4 is 0 Å². The van der Waals surface area contributed by atoms with Crippen LogP contribution < -0.4 is 5.73 Å². The Bertz CT molecular complexity index is 419. The van der Waals surface area contributed by atoms with Gasteiger partial charge in [0.15, 0.2) is 0 Å². The molecule has 1 atom stereocenters. The largest absolute Gasteiger partial charge is 0.328 e. The predicted molar refractivity (Wildman–Crippen MR) is 61.4 cm³/mol. The van der Waals surface area contributed by atoms with Crippen LogP contribution >= 0.6 is 0 Å². The SMILES string of the molecule is CC(CN)n1nccc1-c1ccccc1. The maximum Gasteiger partial charge on any atom is 0.0685 e. The second-order valence-electron chi connectivity index (χ2n) is 3.61. The molecule has 0 aliphatic rings. The molecule has 0 fully saturated rings. The normalized spacial score (nSPS) is 12.7. The molecular formula is C12H15N3. The number of aromatic nitrogens is 2. The van der Waals surface area contributed by atoms with Crippen molar-refractivity contribution in [2.24, 2.45) is 5.73 Å². The van der Waals surface area contributed by atoms with Gasteiger partial charge in [0.05, 0.1) is 11.7 Å². The fourth-order valence-electron chi connectivity index (χ4n) is 1.60. The smallest absolute Gasteiger partial charge is 0.0685 e. The van der Waals surface area contributed by atoms with Gasteiger partial charge in [-0.05, 0) is 18.6 Å². The molecule has 1 heterocycles. The molecule has 1 aromatic carbocycles. The van der Waals surface area contributed by atoms with E-state index in [0.717, 1.165) is 5.69 Å². The summed E-state index contributed by atoms with van der Waals surface area (Å²) in [6.07, 6.45) is 1.81. The monoisotopic (exact) mass is 201 g/mol. The van der Waals surface area contributed by atoms with E-state index in [4.69, 9.17) is 5.73 Å². The first-order chi connectivity index (χ1) is 7.33. The summed E-state index contributed by atoms with van der Waals surface area (Å²) in [6.45, 7) is 2.67. The summed E-state index contributed by atoms with van der Waals surface area (Å²) < 4.78 is 1.97. The Balaban J connectivity index is 2.41. The van der Waals surface area contributed by atoms with Crippen LogP contribution in [-0.2, 0) is 0 Å². The Morgan fingerprint density at radius 1 is 1.27 bits per heavy atom. The zero-order valence-corrected chi connectivity index (χ0v) is 8.80. The van der Waals surface area contributed by atoms with Gasteiger partial charge in [-0.2, -0.15) is 5.10 Å². The van der Waals surface area contributed by atoms with Crippen molar-refractivity contribution in [3.05, 3.63) is 42.6 Å². The van der Waals surface area contributed by atoms with Gasteiger partial charge in [-0.3, -0.25) is 4.68 Å². The standard InChI is InChI=1S/C12H15N3/c1-10(9-13)15-12(7-8-14-15)11-5-3-2-4-6-11/h2-8,10H,9,13H2,1H3. The molecule has 0 saturated carbocycles. The number of rotatable bonds is 3. The minimum absolute atomic E-state index is 0.232. The summed E-state index contributed by atoms with van der Waals surface area (Å²) in [5.74, 6) is 0. The molecule has 0 spiro atoms. The van der Waals surface area contributed by atoms with Crippen LogP contribution in [0, 0.1) is 0 Å². The number of nitrogens with two attached hydrogens (primary N) is 1. The van der Waals surface area contributed by atoms with E-state index in [1.807, 2.05) is 35.1 Å². The Kier molecular flexibility index (Phi) is 2.83. The molecule has 0 aliphatic heterocycles. The molecule has 3 heteroatoms. The summed E-state index contributed by atoms with van der Waals surface area (Å²) in [6, 6.07) is 12.5. The number of hydrogen-bond donors (Lipinski definition) is 1. The highest BCUT2D eigenvalue weighted by atomic mass is 15.3. The molecule has 0 radical (unpaired) electrons. The zero-order chi connectivity index (χ0) is 10.7. The maximum atomic E-state index is 5.65. The number of nitrogens with zero attached hydrogens (tertiary/aromatic N) is 2. The molecule has 78 valence electrons. The van der Waals surface area contributed by atoms with Gasteiger partial charge in [-0.25, -0.2) is 0 Å². The third kappa shape index (κ3) is 1.92. The van der Waals surface area contributed by atoms with Crippen molar-refractivity contribution in [3.8, 4) is 11.3 Å². The Labute approximate surface area is 89.5 Å². The van der Waals surface area contributed by atoms with Crippen molar-refractivity contribution in [2.45, 2.75) is 13.0 Å². The van der Waals surface area contributed by atoms with E-state index in [1.165, 1.54) is 5.56 Å². The molecule has 0 bridgehead atoms. The summed E-state index contributed by atoms with van der Waals surface area (Å²) >= 11 is 0. The fraction of sp³-hybridized carbons (Fsp3) is 0.250. The Morgan fingerprint density at radius 2 is 2.00 bits per heavy atom. The van der Waals surface area contributed by atoms with Gasteiger partial charge in [-0.15, -0.1) is 0 Å². The van der Waals surface area contributed by atoms with Crippen LogP contribution in [0.5, 0.6) is 0 Å². The van der Waals surface area contributed by atoms with E-state index in [2.05, 4.69) is 24.2 Å². The second kappa shape index (κ2) is 4.28. The first kappa shape index (κ1) is 9.93. The topological polar surface area (TPSA) is 43.8 Å². The van der Waals surface area contributed by atoms with Gasteiger partial charge < -0.3 is 5.73 Å². The van der Waals surface area contributed by atoms with Crippen LogP contribution in [0.4, 0.5) is 0 Å². The minimum atomic E-state index is 0.232. The van der Waals surface area contributed by atoms with Crippen LogP contribution in [0.3, 0.4) is 0 Å². The quantitative estimate of drug-likeness (QED) is 0.826. The lowest BCUT2D eigenvalue weighted by Gasteiger charge is -2.13. The van der Waals surface area contributed by atoms with Crippen LogP contribution in [0.25, 0.3) is 11.3 Å². The lowest BCUT2D eigenvalue weighted by atomic mass is 10.1. The zero-order valence-electron chi connectivity index (χ0n) is 8.80. The van der Waals surface area contributed by atoms with Gasteiger partial charge in [-0.1, -0.05) is 30.3 Å². The Morgan fingerprint density at radius 3 is 2.67 bits per heavy atom. The molecule has 2 rings (SSSR count). The van der Waals surface area contributed by atoms with Gasteiger partial charge >= 0.3 is 0 Å². The van der Waals surface area contributed by atoms with E-state index in [9.17, 15) is 0 Å². The first-order valence-electron chi connectivity index (χ1n) is 5.12. The van der Waals surface area contributed by atoms with Gasteiger partial charge in [0.1, 0.15) is 0 Å². The van der Waals surface area contributed by atoms with E-state index >= 15 is 0 Å². The molecular weight excluding hydrogens is 186 g/mol. The highest BCUT2D eigenvalue weighted by Crippen LogP contribution is 2.20. The molecule has 15 heavy (non-hydrogen) atoms. The lowest BCUT2D eigenvalue weighted by Crippen LogP contribution is -2.17. The summed E-state index contributed by atoms with van der Waals surface area (Å²) in [4.78, 5) is 0. The van der Waals surface area contributed by atoms with Gasteiger partial charge in [0, 0.05) is 12.7 Å². The van der Waals surface area contributed by atoms with E-state index < -0.39 is 0 Å². The molecule has 1 aromatic heterocycles. The van der Waals surface area contributed by atoms with Crippen molar-refractivity contribution in [1.29, 1.82) is 0 Å². The first-order valence-corrected chi connectivity index (χ1v) is 5.12. The average molecular weight is 201 g/mol. The van der Waals surface area contributed by atoms with Gasteiger partial charge in [0.25, 0.3) is 0 Å². The van der Waals surface area contributed by atoms with Crippen LogP contribution in [0.15, 0.2) is 42.6 Å². The maximum absolute atomic E-state index is 5.65. The highest BCUT2D eigenvalue weighted by molar-refractivity contribution is 5.58. The molecule has 0 aliphatic carbocycles. The average Bonchev–Trinajstić information content (AvgIpc) is 2.78. The highest BCUT2D eigenvalue weighted by Gasteiger charge is 2.09. The van der Waals surface area contributed by atoms with Crippen molar-refractivity contribution in [2.75, 3.05) is 6.54 Å². The van der Waals surface area contributed by atoms with Gasteiger partial charge in [0.2, 0.25) is 0 Å². The number of benzene rings is 1. The van der Waals surface area contributed by atoms with Crippen molar-refractivity contribution in [3.63, 3.8) is 0 Å². The summed E-state index contributed by atoms with van der Waals surface area (Å²) in [5.41, 5.74) is 7.94. The van der Waals surface area contributed by atoms with Crippen LogP contribution in [0.1, 0.15) is 13.0 Å². The third-order valence-electron chi connectivity index (χ3n) is 2.50. The van der Waals surface area contributed by atoms with Crippen LogP contribution in [-0.4, -0.2) is 16.3 Å². The fourth-order valence-corrected chi connectivity index (χ4v) is 1.60. The molecule has 3 nitrogen and oxygen atoms in total. The lowest BCUT2D eigenvalue weighted by molar-refractivity contribution is 0.506. The van der Waals surface area contributed by atoms with Crippen molar-refractivity contribution < 1.29 is 0 Å². The minimum Gasteiger partial charge on any atom is -0.328 e. The van der Waals surface area contributed by atoms with Crippen LogP contribution in [0.2, 0.25) is 0 Å². The van der Waals surface area contributed by atoms with Crippen molar-refractivity contribution in [1.82, 2.24) is 9.78 Å².